The second-order valence-corrected chi connectivity index (χ2v) is 4.03. The molecule has 0 saturated heterocycles. The fourth-order valence-electron chi connectivity index (χ4n) is 1.46. The third-order valence-electron chi connectivity index (χ3n) is 2.12. The Morgan fingerprint density at radius 1 is 1.50 bits per heavy atom. The van der Waals surface area contributed by atoms with Crippen LogP contribution in [0.15, 0.2) is 12.1 Å². The van der Waals surface area contributed by atoms with Gasteiger partial charge in [-0.05, 0) is 24.6 Å². The topological polar surface area (TPSA) is 38.3 Å². The van der Waals surface area contributed by atoms with Crippen molar-refractivity contribution in [2.75, 3.05) is 13.0 Å². The van der Waals surface area contributed by atoms with Crippen LogP contribution in [0.5, 0.6) is 5.75 Å². The zero-order chi connectivity index (χ0) is 12.1. The molecule has 0 fully saturated rings. The van der Waals surface area contributed by atoms with Crippen molar-refractivity contribution in [2.45, 2.75) is 13.5 Å². The maximum Gasteiger partial charge on any atom is 0.235 e. The van der Waals surface area contributed by atoms with Crippen LogP contribution in [0.25, 0.3) is 0 Å². The van der Waals surface area contributed by atoms with Gasteiger partial charge in [0.2, 0.25) is 5.91 Å². The Labute approximate surface area is 105 Å². The van der Waals surface area contributed by atoms with Gasteiger partial charge in [0.25, 0.3) is 0 Å². The van der Waals surface area contributed by atoms with Crippen molar-refractivity contribution in [2.24, 2.45) is 0 Å². The fourth-order valence-corrected chi connectivity index (χ4v) is 1.85. The van der Waals surface area contributed by atoms with Crippen LogP contribution >= 0.6 is 23.2 Å². The normalized spacial score (nSPS) is 10.0. The van der Waals surface area contributed by atoms with Gasteiger partial charge in [-0.15, -0.1) is 11.6 Å². The predicted octanol–water partition coefficient (Wildman–Crippen LogP) is 2.51. The maximum atomic E-state index is 11.0. The minimum Gasteiger partial charge on any atom is -0.496 e. The average molecular weight is 262 g/mol. The van der Waals surface area contributed by atoms with Crippen LogP contribution in [0.2, 0.25) is 5.02 Å². The average Bonchev–Trinajstić information content (AvgIpc) is 2.25. The summed E-state index contributed by atoms with van der Waals surface area (Å²) in [4.78, 5) is 11.0. The Hall–Kier alpha value is -0.930. The summed E-state index contributed by atoms with van der Waals surface area (Å²) >= 11 is 11.3. The number of carbonyl (C=O) groups is 1. The number of hydrogen-bond donors (Lipinski definition) is 1. The number of carbonyl (C=O) groups excluding carboxylic acids is 1. The molecule has 0 aliphatic rings. The van der Waals surface area contributed by atoms with Gasteiger partial charge >= 0.3 is 0 Å². The third-order valence-corrected chi connectivity index (χ3v) is 2.58. The van der Waals surface area contributed by atoms with Crippen LogP contribution in [0.4, 0.5) is 0 Å². The molecule has 1 aromatic rings. The van der Waals surface area contributed by atoms with E-state index in [0.717, 1.165) is 16.9 Å². The summed E-state index contributed by atoms with van der Waals surface area (Å²) in [6.07, 6.45) is 0. The molecule has 1 N–H and O–H groups in total. The first-order valence-corrected chi connectivity index (χ1v) is 5.65. The molecular weight excluding hydrogens is 249 g/mol. The van der Waals surface area contributed by atoms with Crippen LogP contribution in [0.3, 0.4) is 0 Å². The number of halogens is 2. The lowest BCUT2D eigenvalue weighted by Gasteiger charge is -2.12. The molecule has 1 amide bonds. The molecule has 1 rings (SSSR count). The Morgan fingerprint density at radius 2 is 2.19 bits per heavy atom. The van der Waals surface area contributed by atoms with E-state index in [9.17, 15) is 4.79 Å². The number of hydrogen-bond acceptors (Lipinski definition) is 2. The van der Waals surface area contributed by atoms with E-state index in [1.807, 2.05) is 13.0 Å². The quantitative estimate of drug-likeness (QED) is 0.847. The van der Waals surface area contributed by atoms with E-state index in [1.165, 1.54) is 0 Å². The van der Waals surface area contributed by atoms with E-state index in [0.29, 0.717) is 11.6 Å². The molecule has 3 nitrogen and oxygen atoms in total. The summed E-state index contributed by atoms with van der Waals surface area (Å²) in [6, 6.07) is 3.58. The van der Waals surface area contributed by atoms with Crippen LogP contribution in [0.1, 0.15) is 11.1 Å². The number of ether oxygens (including phenoxy) is 1. The molecule has 5 heteroatoms. The molecule has 0 radical (unpaired) electrons. The molecule has 0 spiro atoms. The molecule has 0 unspecified atom stereocenters. The van der Waals surface area contributed by atoms with Crippen LogP contribution in [0, 0.1) is 6.92 Å². The highest BCUT2D eigenvalue weighted by Gasteiger charge is 2.09. The minimum atomic E-state index is -0.221. The summed E-state index contributed by atoms with van der Waals surface area (Å²) in [5, 5.41) is 3.29. The van der Waals surface area contributed by atoms with Crippen molar-refractivity contribution < 1.29 is 9.53 Å². The molecule has 0 bridgehead atoms. The van der Waals surface area contributed by atoms with Gasteiger partial charge in [-0.1, -0.05) is 11.6 Å². The number of benzene rings is 1. The molecule has 0 heterocycles. The zero-order valence-electron chi connectivity index (χ0n) is 9.14. The minimum absolute atomic E-state index is 0.0537. The van der Waals surface area contributed by atoms with Crippen LogP contribution < -0.4 is 10.1 Å². The van der Waals surface area contributed by atoms with E-state index < -0.39 is 0 Å². The highest BCUT2D eigenvalue weighted by atomic mass is 35.5. The second kappa shape index (κ2) is 5.97. The number of alkyl halides is 1. The second-order valence-electron chi connectivity index (χ2n) is 3.33. The van der Waals surface area contributed by atoms with Crippen molar-refractivity contribution in [3.05, 3.63) is 28.3 Å². The van der Waals surface area contributed by atoms with Gasteiger partial charge in [0.1, 0.15) is 11.6 Å². The van der Waals surface area contributed by atoms with Gasteiger partial charge in [-0.2, -0.15) is 0 Å². The first kappa shape index (κ1) is 13.1. The van der Waals surface area contributed by atoms with Crippen LogP contribution in [-0.2, 0) is 11.3 Å². The van der Waals surface area contributed by atoms with E-state index in [2.05, 4.69) is 5.32 Å². The van der Waals surface area contributed by atoms with Crippen molar-refractivity contribution in [3.63, 3.8) is 0 Å². The standard InChI is InChI=1S/C11H13Cl2NO2/c1-7-3-9(13)4-8(11(7)16-2)6-14-10(15)5-12/h3-4H,5-6H2,1-2H3,(H,14,15). The van der Waals surface area contributed by atoms with Gasteiger partial charge < -0.3 is 10.1 Å². The summed E-state index contributed by atoms with van der Waals surface area (Å²) in [7, 11) is 1.59. The largest absolute Gasteiger partial charge is 0.496 e. The van der Waals surface area contributed by atoms with Gasteiger partial charge in [0.15, 0.2) is 0 Å². The molecule has 0 aliphatic heterocycles. The lowest BCUT2D eigenvalue weighted by atomic mass is 10.1. The highest BCUT2D eigenvalue weighted by Crippen LogP contribution is 2.27. The molecular formula is C11H13Cl2NO2. The van der Waals surface area contributed by atoms with E-state index in [4.69, 9.17) is 27.9 Å². The number of aryl methyl sites for hydroxylation is 1. The molecule has 0 saturated carbocycles. The van der Waals surface area contributed by atoms with E-state index in [-0.39, 0.29) is 11.8 Å². The Bertz CT molecular complexity index is 394. The van der Waals surface area contributed by atoms with Crippen molar-refractivity contribution in [1.29, 1.82) is 0 Å². The first-order valence-electron chi connectivity index (χ1n) is 4.74. The third kappa shape index (κ3) is 3.29. The highest BCUT2D eigenvalue weighted by molar-refractivity contribution is 6.30. The number of methoxy groups -OCH3 is 1. The summed E-state index contributed by atoms with van der Waals surface area (Å²) < 4.78 is 5.25. The van der Waals surface area contributed by atoms with Gasteiger partial charge in [0.05, 0.1) is 7.11 Å². The molecule has 88 valence electrons. The Balaban J connectivity index is 2.89. The van der Waals surface area contributed by atoms with Crippen molar-refractivity contribution in [3.8, 4) is 5.75 Å². The molecule has 0 aromatic heterocycles. The maximum absolute atomic E-state index is 11.0. The smallest absolute Gasteiger partial charge is 0.235 e. The zero-order valence-corrected chi connectivity index (χ0v) is 10.7. The summed E-state index contributed by atoms with van der Waals surface area (Å²) in [5.74, 6) is 0.461. The van der Waals surface area contributed by atoms with E-state index in [1.54, 1.807) is 13.2 Å². The monoisotopic (exact) mass is 261 g/mol. The predicted molar refractivity (Wildman–Crippen MR) is 65.3 cm³/mol. The molecule has 1 aromatic carbocycles. The van der Waals surface area contributed by atoms with E-state index >= 15 is 0 Å². The number of nitrogens with one attached hydrogen (secondary N) is 1. The summed E-state index contributed by atoms with van der Waals surface area (Å²) in [5.41, 5.74) is 1.77. The van der Waals surface area contributed by atoms with Gasteiger partial charge in [-0.3, -0.25) is 4.79 Å². The van der Waals surface area contributed by atoms with Gasteiger partial charge in [-0.25, -0.2) is 0 Å². The van der Waals surface area contributed by atoms with Crippen molar-refractivity contribution in [1.82, 2.24) is 5.32 Å². The molecule has 16 heavy (non-hydrogen) atoms. The van der Waals surface area contributed by atoms with Crippen molar-refractivity contribution >= 4 is 29.1 Å². The summed E-state index contributed by atoms with van der Waals surface area (Å²) in [6.45, 7) is 2.26. The van der Waals surface area contributed by atoms with Gasteiger partial charge in [0, 0.05) is 17.1 Å². The fraction of sp³-hybridized carbons (Fsp3) is 0.364. The first-order chi connectivity index (χ1) is 7.58. The Morgan fingerprint density at radius 3 is 2.75 bits per heavy atom. The molecule has 0 atom stereocenters. The lowest BCUT2D eigenvalue weighted by molar-refractivity contribution is -0.118. The number of rotatable bonds is 4. The lowest BCUT2D eigenvalue weighted by Crippen LogP contribution is -2.24. The molecule has 0 aliphatic carbocycles. The SMILES string of the molecule is COc1c(C)cc(Cl)cc1CNC(=O)CCl. The number of amides is 1. The Kier molecular flexibility index (Phi) is 4.90. The van der Waals surface area contributed by atoms with Crippen LogP contribution in [-0.4, -0.2) is 18.9 Å².